The Labute approximate surface area is 147 Å². The van der Waals surface area contributed by atoms with Gasteiger partial charge in [0.15, 0.2) is 5.82 Å². The summed E-state index contributed by atoms with van der Waals surface area (Å²) < 4.78 is 10.8. The Balaban J connectivity index is 1.71. The molecule has 0 spiro atoms. The maximum atomic E-state index is 6.15. The molecule has 0 saturated carbocycles. The summed E-state index contributed by atoms with van der Waals surface area (Å²) in [6.45, 7) is 2.82. The first-order valence-electron chi connectivity index (χ1n) is 7.47. The number of rotatable bonds is 4. The zero-order chi connectivity index (χ0) is 16.4. The van der Waals surface area contributed by atoms with Crippen molar-refractivity contribution in [3.8, 4) is 0 Å². The molecular formula is C15H14ClN5O2S. The van der Waals surface area contributed by atoms with Crippen LogP contribution < -0.4 is 4.90 Å². The Kier molecular flexibility index (Phi) is 4.50. The van der Waals surface area contributed by atoms with Gasteiger partial charge in [-0.2, -0.15) is 4.98 Å². The molecule has 4 heterocycles. The first-order valence-corrected chi connectivity index (χ1v) is 8.84. The van der Waals surface area contributed by atoms with E-state index in [1.165, 1.54) is 18.1 Å². The average Bonchev–Trinajstić information content (AvgIpc) is 3.13. The number of halogens is 1. The van der Waals surface area contributed by atoms with Gasteiger partial charge in [0, 0.05) is 13.1 Å². The lowest BCUT2D eigenvalue weighted by Crippen LogP contribution is -2.37. The van der Waals surface area contributed by atoms with Crippen molar-refractivity contribution < 1.29 is 9.15 Å². The third kappa shape index (κ3) is 3.17. The minimum Gasteiger partial charge on any atom is -0.468 e. The van der Waals surface area contributed by atoms with Gasteiger partial charge in [0.2, 0.25) is 5.28 Å². The Bertz CT molecular complexity index is 839. The summed E-state index contributed by atoms with van der Waals surface area (Å²) in [6.07, 6.45) is 3.19. The van der Waals surface area contributed by atoms with Crippen LogP contribution >= 0.6 is 23.4 Å². The fraction of sp³-hybridized carbons (Fsp3) is 0.333. The molecule has 0 radical (unpaired) electrons. The normalized spacial score (nSPS) is 15.1. The van der Waals surface area contributed by atoms with Gasteiger partial charge in [-0.25, -0.2) is 15.0 Å². The first-order chi connectivity index (χ1) is 11.8. The molecule has 3 aromatic heterocycles. The number of hydrogen-bond acceptors (Lipinski definition) is 8. The second-order valence-electron chi connectivity index (χ2n) is 5.16. The van der Waals surface area contributed by atoms with Gasteiger partial charge >= 0.3 is 0 Å². The van der Waals surface area contributed by atoms with E-state index in [0.717, 1.165) is 29.7 Å². The number of fused-ring (bicyclic) bond motifs is 1. The standard InChI is InChI=1S/C15H14ClN5O2S/c16-15-19-12-11(13(20-15)21-3-6-22-7-4-21)17-9-18-14(12)24-8-10-2-1-5-23-10/h1-2,5,9H,3-4,6-8H2. The summed E-state index contributed by atoms with van der Waals surface area (Å²) in [5, 5.41) is 0.953. The molecule has 4 rings (SSSR count). The van der Waals surface area contributed by atoms with Crippen LogP contribution in [0.5, 0.6) is 0 Å². The Morgan fingerprint density at radius 1 is 1.17 bits per heavy atom. The lowest BCUT2D eigenvalue weighted by atomic mass is 10.3. The fourth-order valence-electron chi connectivity index (χ4n) is 2.52. The lowest BCUT2D eigenvalue weighted by molar-refractivity contribution is 0.122. The van der Waals surface area contributed by atoms with Crippen molar-refractivity contribution in [3.63, 3.8) is 0 Å². The number of nitrogens with zero attached hydrogens (tertiary/aromatic N) is 5. The summed E-state index contributed by atoms with van der Waals surface area (Å²) >= 11 is 7.69. The van der Waals surface area contributed by atoms with E-state index in [1.807, 2.05) is 12.1 Å². The van der Waals surface area contributed by atoms with Crippen LogP contribution in [0, 0.1) is 0 Å². The highest BCUT2D eigenvalue weighted by Crippen LogP contribution is 2.31. The second kappa shape index (κ2) is 6.92. The van der Waals surface area contributed by atoms with Gasteiger partial charge in [0.25, 0.3) is 0 Å². The summed E-state index contributed by atoms with van der Waals surface area (Å²) in [7, 11) is 0. The van der Waals surface area contributed by atoms with Crippen LogP contribution in [-0.4, -0.2) is 46.2 Å². The molecule has 1 saturated heterocycles. The molecule has 1 fully saturated rings. The lowest BCUT2D eigenvalue weighted by Gasteiger charge is -2.28. The van der Waals surface area contributed by atoms with Crippen molar-refractivity contribution in [1.29, 1.82) is 0 Å². The predicted molar refractivity (Wildman–Crippen MR) is 91.4 cm³/mol. The summed E-state index contributed by atoms with van der Waals surface area (Å²) in [6, 6.07) is 3.79. The molecule has 9 heteroatoms. The summed E-state index contributed by atoms with van der Waals surface area (Å²) in [5.74, 6) is 2.27. The van der Waals surface area contributed by atoms with Gasteiger partial charge in [-0.3, -0.25) is 0 Å². The van der Waals surface area contributed by atoms with E-state index in [4.69, 9.17) is 20.8 Å². The van der Waals surface area contributed by atoms with Gasteiger partial charge in [0.1, 0.15) is 28.1 Å². The van der Waals surface area contributed by atoms with Crippen molar-refractivity contribution >= 4 is 40.2 Å². The highest BCUT2D eigenvalue weighted by Gasteiger charge is 2.20. The minimum atomic E-state index is 0.193. The molecule has 0 atom stereocenters. The molecule has 0 aromatic carbocycles. The van der Waals surface area contributed by atoms with E-state index < -0.39 is 0 Å². The van der Waals surface area contributed by atoms with Crippen molar-refractivity contribution in [2.75, 3.05) is 31.2 Å². The first kappa shape index (κ1) is 15.6. The number of aromatic nitrogens is 4. The van der Waals surface area contributed by atoms with E-state index >= 15 is 0 Å². The maximum Gasteiger partial charge on any atom is 0.225 e. The molecule has 0 aliphatic carbocycles. The topological polar surface area (TPSA) is 77.2 Å². The molecule has 1 aliphatic heterocycles. The van der Waals surface area contributed by atoms with Gasteiger partial charge in [0.05, 0.1) is 25.2 Å². The summed E-state index contributed by atoms with van der Waals surface area (Å²) in [4.78, 5) is 19.6. The van der Waals surface area contributed by atoms with Gasteiger partial charge in [-0.05, 0) is 23.7 Å². The number of ether oxygens (including phenoxy) is 1. The smallest absolute Gasteiger partial charge is 0.225 e. The third-order valence-electron chi connectivity index (χ3n) is 3.64. The van der Waals surface area contributed by atoms with Crippen molar-refractivity contribution in [2.24, 2.45) is 0 Å². The highest BCUT2D eigenvalue weighted by molar-refractivity contribution is 7.98. The second-order valence-corrected chi connectivity index (χ2v) is 6.46. The number of hydrogen-bond donors (Lipinski definition) is 0. The van der Waals surface area contributed by atoms with Crippen molar-refractivity contribution in [1.82, 2.24) is 19.9 Å². The van der Waals surface area contributed by atoms with Crippen LogP contribution in [0.1, 0.15) is 5.76 Å². The molecule has 0 amide bonds. The third-order valence-corrected chi connectivity index (χ3v) is 4.81. The molecule has 0 bridgehead atoms. The van der Waals surface area contributed by atoms with Crippen LogP contribution in [0.25, 0.3) is 11.0 Å². The predicted octanol–water partition coefficient (Wildman–Crippen LogP) is 2.80. The van der Waals surface area contributed by atoms with E-state index in [1.54, 1.807) is 6.26 Å². The number of morpholine rings is 1. The average molecular weight is 364 g/mol. The Morgan fingerprint density at radius 3 is 2.83 bits per heavy atom. The Morgan fingerprint density at radius 2 is 2.04 bits per heavy atom. The van der Waals surface area contributed by atoms with E-state index in [0.29, 0.717) is 30.0 Å². The monoisotopic (exact) mass is 363 g/mol. The number of anilines is 1. The largest absolute Gasteiger partial charge is 0.468 e. The zero-order valence-corrected chi connectivity index (χ0v) is 14.3. The van der Waals surface area contributed by atoms with Gasteiger partial charge in [-0.15, -0.1) is 0 Å². The van der Waals surface area contributed by atoms with Crippen molar-refractivity contribution in [3.05, 3.63) is 35.8 Å². The van der Waals surface area contributed by atoms with E-state index in [-0.39, 0.29) is 5.28 Å². The summed E-state index contributed by atoms with van der Waals surface area (Å²) in [5.41, 5.74) is 1.37. The number of thioether (sulfide) groups is 1. The maximum absolute atomic E-state index is 6.15. The van der Waals surface area contributed by atoms with Gasteiger partial charge in [-0.1, -0.05) is 11.8 Å². The molecule has 3 aromatic rings. The molecule has 7 nitrogen and oxygen atoms in total. The van der Waals surface area contributed by atoms with Crippen molar-refractivity contribution in [2.45, 2.75) is 10.8 Å². The molecule has 24 heavy (non-hydrogen) atoms. The molecular weight excluding hydrogens is 350 g/mol. The SMILES string of the molecule is Clc1nc(N2CCOCC2)c2ncnc(SCc3ccco3)c2n1. The minimum absolute atomic E-state index is 0.193. The van der Waals surface area contributed by atoms with Crippen LogP contribution in [0.15, 0.2) is 34.2 Å². The van der Waals surface area contributed by atoms with E-state index in [2.05, 4.69) is 24.8 Å². The van der Waals surface area contributed by atoms with Crippen LogP contribution in [0.4, 0.5) is 5.82 Å². The van der Waals surface area contributed by atoms with Crippen LogP contribution in [0.2, 0.25) is 5.28 Å². The highest BCUT2D eigenvalue weighted by atomic mass is 35.5. The van der Waals surface area contributed by atoms with Crippen LogP contribution in [0.3, 0.4) is 0 Å². The Hall–Kier alpha value is -1.90. The molecule has 0 unspecified atom stereocenters. The molecule has 0 N–H and O–H groups in total. The number of furan rings is 1. The van der Waals surface area contributed by atoms with E-state index in [9.17, 15) is 0 Å². The zero-order valence-electron chi connectivity index (χ0n) is 12.7. The fourth-order valence-corrected chi connectivity index (χ4v) is 3.53. The quantitative estimate of drug-likeness (QED) is 0.398. The molecule has 124 valence electrons. The van der Waals surface area contributed by atoms with Crippen LogP contribution in [-0.2, 0) is 10.5 Å². The van der Waals surface area contributed by atoms with Gasteiger partial charge < -0.3 is 14.1 Å². The molecule has 1 aliphatic rings.